The highest BCUT2D eigenvalue weighted by atomic mass is 32.1. The normalized spacial score (nSPS) is 11.8. The van der Waals surface area contributed by atoms with Crippen molar-refractivity contribution in [2.45, 2.75) is 13.0 Å². The second kappa shape index (κ2) is 10.3. The van der Waals surface area contributed by atoms with Crippen LogP contribution in [0.5, 0.6) is 11.5 Å². The maximum absolute atomic E-state index is 12.2. The molecule has 0 bridgehead atoms. The largest absolute Gasteiger partial charge is 0.490 e. The molecule has 7 nitrogen and oxygen atoms in total. The Labute approximate surface area is 177 Å². The third kappa shape index (κ3) is 5.53. The molecule has 0 spiro atoms. The van der Waals surface area contributed by atoms with Crippen molar-refractivity contribution < 1.29 is 24.2 Å². The van der Waals surface area contributed by atoms with Crippen molar-refractivity contribution >= 4 is 29.4 Å². The number of hydrazone groups is 1. The van der Waals surface area contributed by atoms with Crippen molar-refractivity contribution in [3.05, 3.63) is 82.0 Å². The van der Waals surface area contributed by atoms with E-state index in [4.69, 9.17) is 9.47 Å². The minimum atomic E-state index is -1.32. The van der Waals surface area contributed by atoms with Crippen molar-refractivity contribution in [2.75, 3.05) is 6.61 Å². The molecule has 0 fully saturated rings. The molecule has 1 atom stereocenters. The van der Waals surface area contributed by atoms with Crippen molar-refractivity contribution in [3.63, 3.8) is 0 Å². The SMILES string of the molecule is CCOc1cc(/C=N\NC(=O)[C@@H](O)c2ccccc2)ccc1OC(=O)c1cccs1. The van der Waals surface area contributed by atoms with Crippen LogP contribution in [0.25, 0.3) is 0 Å². The van der Waals surface area contributed by atoms with E-state index < -0.39 is 18.0 Å². The van der Waals surface area contributed by atoms with Gasteiger partial charge in [-0.3, -0.25) is 4.79 Å². The molecule has 0 saturated heterocycles. The zero-order valence-corrected chi connectivity index (χ0v) is 17.0. The number of rotatable bonds is 8. The molecule has 2 N–H and O–H groups in total. The Hall–Kier alpha value is -3.49. The van der Waals surface area contributed by atoms with Crippen molar-refractivity contribution in [2.24, 2.45) is 5.10 Å². The van der Waals surface area contributed by atoms with Crippen molar-refractivity contribution in [1.29, 1.82) is 0 Å². The zero-order chi connectivity index (χ0) is 21.3. The van der Waals surface area contributed by atoms with Crippen LogP contribution in [0.2, 0.25) is 0 Å². The number of ether oxygens (including phenoxy) is 2. The molecule has 0 aliphatic rings. The number of nitrogens with one attached hydrogen (secondary N) is 1. The first-order valence-corrected chi connectivity index (χ1v) is 10.0. The van der Waals surface area contributed by atoms with Crippen LogP contribution in [0, 0.1) is 0 Å². The quantitative estimate of drug-likeness (QED) is 0.249. The first-order chi connectivity index (χ1) is 14.6. The summed E-state index contributed by atoms with van der Waals surface area (Å²) < 4.78 is 11.0. The van der Waals surface area contributed by atoms with Gasteiger partial charge in [0.2, 0.25) is 0 Å². The van der Waals surface area contributed by atoms with Gasteiger partial charge in [-0.15, -0.1) is 11.3 Å². The summed E-state index contributed by atoms with van der Waals surface area (Å²) in [5.74, 6) is -0.448. The number of hydrogen-bond acceptors (Lipinski definition) is 7. The molecule has 30 heavy (non-hydrogen) atoms. The molecule has 0 unspecified atom stereocenters. The van der Waals surface area contributed by atoms with Gasteiger partial charge < -0.3 is 14.6 Å². The number of aliphatic hydroxyl groups is 1. The Morgan fingerprint density at radius 2 is 1.93 bits per heavy atom. The number of hydrogen-bond donors (Lipinski definition) is 2. The highest BCUT2D eigenvalue weighted by molar-refractivity contribution is 7.12. The predicted molar refractivity (Wildman–Crippen MR) is 114 cm³/mol. The number of carbonyl (C=O) groups is 2. The number of carbonyl (C=O) groups excluding carboxylic acids is 2. The standard InChI is InChI=1S/C22H20N2O5S/c1-2-28-18-13-15(10-11-17(18)29-22(27)19-9-6-12-30-19)14-23-24-21(26)20(25)16-7-4-3-5-8-16/h3-14,20,25H,2H2,1H3,(H,24,26)/b23-14-/t20-/m0/s1. The fourth-order valence-electron chi connectivity index (χ4n) is 2.52. The molecule has 0 aliphatic carbocycles. The first kappa shape index (κ1) is 21.2. The van der Waals surface area contributed by atoms with Crippen LogP contribution < -0.4 is 14.9 Å². The Morgan fingerprint density at radius 3 is 2.63 bits per heavy atom. The smallest absolute Gasteiger partial charge is 0.353 e. The Bertz CT molecular complexity index is 1020. The van der Waals surface area contributed by atoms with Crippen LogP contribution in [0.4, 0.5) is 0 Å². The molecule has 1 heterocycles. The van der Waals surface area contributed by atoms with Crippen LogP contribution in [0.1, 0.15) is 33.8 Å². The molecule has 0 radical (unpaired) electrons. The molecule has 1 aromatic heterocycles. The number of thiophene rings is 1. The minimum Gasteiger partial charge on any atom is -0.490 e. The van der Waals surface area contributed by atoms with Gasteiger partial charge in [0, 0.05) is 0 Å². The summed E-state index contributed by atoms with van der Waals surface area (Å²) in [5, 5.41) is 15.7. The molecule has 3 aromatic rings. The molecular formula is C22H20N2O5S. The van der Waals surface area contributed by atoms with Gasteiger partial charge in [-0.25, -0.2) is 10.2 Å². The maximum Gasteiger partial charge on any atom is 0.353 e. The van der Waals surface area contributed by atoms with Crippen LogP contribution in [0.3, 0.4) is 0 Å². The number of amides is 1. The number of nitrogens with zero attached hydrogens (tertiary/aromatic N) is 1. The summed E-state index contributed by atoms with van der Waals surface area (Å²) in [6.07, 6.45) is 0.0876. The van der Waals surface area contributed by atoms with Gasteiger partial charge in [-0.1, -0.05) is 36.4 Å². The summed E-state index contributed by atoms with van der Waals surface area (Å²) in [6, 6.07) is 16.9. The van der Waals surface area contributed by atoms with E-state index in [1.165, 1.54) is 17.6 Å². The molecule has 3 rings (SSSR count). The van der Waals surface area contributed by atoms with Gasteiger partial charge >= 0.3 is 5.97 Å². The van der Waals surface area contributed by atoms with Crippen LogP contribution >= 0.6 is 11.3 Å². The summed E-state index contributed by atoms with van der Waals surface area (Å²) in [6.45, 7) is 2.20. The van der Waals surface area contributed by atoms with Gasteiger partial charge in [0.1, 0.15) is 4.88 Å². The molecular weight excluding hydrogens is 404 g/mol. The Kier molecular flexibility index (Phi) is 7.31. The van der Waals surface area contributed by atoms with E-state index in [1.807, 2.05) is 6.92 Å². The maximum atomic E-state index is 12.2. The summed E-state index contributed by atoms with van der Waals surface area (Å²) in [5.41, 5.74) is 3.39. The van der Waals surface area contributed by atoms with Crippen molar-refractivity contribution in [3.8, 4) is 11.5 Å². The lowest BCUT2D eigenvalue weighted by Crippen LogP contribution is -2.25. The fourth-order valence-corrected chi connectivity index (χ4v) is 3.12. The minimum absolute atomic E-state index is 0.288. The Balaban J connectivity index is 1.66. The molecule has 0 aliphatic heterocycles. The lowest BCUT2D eigenvalue weighted by atomic mass is 10.1. The highest BCUT2D eigenvalue weighted by Crippen LogP contribution is 2.29. The lowest BCUT2D eigenvalue weighted by molar-refractivity contribution is -0.129. The van der Waals surface area contributed by atoms with E-state index in [2.05, 4.69) is 10.5 Å². The van der Waals surface area contributed by atoms with Crippen LogP contribution in [0.15, 0.2) is 71.1 Å². The topological polar surface area (TPSA) is 97.2 Å². The molecule has 154 valence electrons. The van der Waals surface area contributed by atoms with Gasteiger partial charge in [0.15, 0.2) is 17.6 Å². The third-order valence-corrected chi connectivity index (χ3v) is 4.79. The number of benzene rings is 2. The van der Waals surface area contributed by atoms with E-state index in [0.29, 0.717) is 28.4 Å². The molecule has 1 amide bonds. The average Bonchev–Trinajstić information content (AvgIpc) is 3.31. The average molecular weight is 424 g/mol. The monoisotopic (exact) mass is 424 g/mol. The second-order valence-corrected chi connectivity index (χ2v) is 7.00. The number of esters is 1. The van der Waals surface area contributed by atoms with Crippen LogP contribution in [-0.2, 0) is 4.79 Å². The lowest BCUT2D eigenvalue weighted by Gasteiger charge is -2.11. The molecule has 0 saturated carbocycles. The predicted octanol–water partition coefficient (Wildman–Crippen LogP) is 3.55. The Morgan fingerprint density at radius 1 is 1.13 bits per heavy atom. The number of aliphatic hydroxyl groups excluding tert-OH is 1. The van der Waals surface area contributed by atoms with Gasteiger partial charge in [0.05, 0.1) is 12.8 Å². The second-order valence-electron chi connectivity index (χ2n) is 6.05. The van der Waals surface area contributed by atoms with E-state index in [-0.39, 0.29) is 5.75 Å². The van der Waals surface area contributed by atoms with Gasteiger partial charge in [0.25, 0.3) is 5.91 Å². The van der Waals surface area contributed by atoms with E-state index >= 15 is 0 Å². The fraction of sp³-hybridized carbons (Fsp3) is 0.136. The third-order valence-electron chi connectivity index (χ3n) is 3.94. The van der Waals surface area contributed by atoms with E-state index in [0.717, 1.165) is 0 Å². The summed E-state index contributed by atoms with van der Waals surface area (Å²) >= 11 is 1.29. The van der Waals surface area contributed by atoms with Gasteiger partial charge in [-0.05, 0) is 47.7 Å². The summed E-state index contributed by atoms with van der Waals surface area (Å²) in [4.78, 5) is 24.7. The van der Waals surface area contributed by atoms with E-state index in [1.54, 1.807) is 66.0 Å². The molecule has 8 heteroatoms. The first-order valence-electron chi connectivity index (χ1n) is 9.17. The zero-order valence-electron chi connectivity index (χ0n) is 16.1. The molecule has 2 aromatic carbocycles. The highest BCUT2D eigenvalue weighted by Gasteiger charge is 2.16. The van der Waals surface area contributed by atoms with Crippen LogP contribution in [-0.4, -0.2) is 29.8 Å². The van der Waals surface area contributed by atoms with E-state index in [9.17, 15) is 14.7 Å². The summed E-state index contributed by atoms with van der Waals surface area (Å²) in [7, 11) is 0. The van der Waals surface area contributed by atoms with Gasteiger partial charge in [-0.2, -0.15) is 5.10 Å². The van der Waals surface area contributed by atoms with Crippen molar-refractivity contribution in [1.82, 2.24) is 5.43 Å².